The number of alkyl carbamates (subject to hydrolysis) is 1. The first-order chi connectivity index (χ1) is 11.8. The number of hydrogen-bond acceptors (Lipinski definition) is 4. The third-order valence-corrected chi connectivity index (χ3v) is 3.32. The summed E-state index contributed by atoms with van der Waals surface area (Å²) in [6.07, 6.45) is -0.421. The van der Waals surface area contributed by atoms with Gasteiger partial charge in [0.15, 0.2) is 0 Å². The first-order valence-corrected chi connectivity index (χ1v) is 8.29. The zero-order valence-corrected chi connectivity index (χ0v) is 15.0. The zero-order chi connectivity index (χ0) is 18.3. The summed E-state index contributed by atoms with van der Waals surface area (Å²) in [4.78, 5) is 11.7. The topological polar surface area (TPSA) is 73.6 Å². The van der Waals surface area contributed by atoms with E-state index < -0.39 is 11.7 Å². The van der Waals surface area contributed by atoms with Crippen molar-refractivity contribution in [3.05, 3.63) is 65.2 Å². The van der Waals surface area contributed by atoms with Gasteiger partial charge in [-0.3, -0.25) is 0 Å². The highest BCUT2D eigenvalue weighted by molar-refractivity contribution is 5.67. The maximum absolute atomic E-state index is 11.7. The Bertz CT molecular complexity index is 708. The molecule has 0 unspecified atom stereocenters. The van der Waals surface area contributed by atoms with Crippen LogP contribution >= 0.6 is 0 Å². The van der Waals surface area contributed by atoms with Crippen molar-refractivity contribution in [2.75, 3.05) is 5.73 Å². The van der Waals surface area contributed by atoms with Gasteiger partial charge in [-0.05, 0) is 49.6 Å². The van der Waals surface area contributed by atoms with E-state index in [0.29, 0.717) is 19.8 Å². The number of anilines is 1. The fraction of sp³-hybridized carbons (Fsp3) is 0.350. The number of benzene rings is 2. The van der Waals surface area contributed by atoms with Crippen LogP contribution in [-0.4, -0.2) is 11.7 Å². The molecule has 0 saturated heterocycles. The number of nitrogens with two attached hydrogens (primary N) is 1. The van der Waals surface area contributed by atoms with Crippen molar-refractivity contribution in [1.82, 2.24) is 5.32 Å². The molecule has 0 aliphatic rings. The Morgan fingerprint density at radius 1 is 1.00 bits per heavy atom. The molecule has 5 nitrogen and oxygen atoms in total. The van der Waals surface area contributed by atoms with E-state index in [1.165, 1.54) is 0 Å². The van der Waals surface area contributed by atoms with E-state index >= 15 is 0 Å². The van der Waals surface area contributed by atoms with Gasteiger partial charge in [0.2, 0.25) is 0 Å². The molecule has 1 amide bonds. The summed E-state index contributed by atoms with van der Waals surface area (Å²) >= 11 is 0. The monoisotopic (exact) mass is 342 g/mol. The molecule has 0 aliphatic carbocycles. The lowest BCUT2D eigenvalue weighted by atomic mass is 10.1. The van der Waals surface area contributed by atoms with Gasteiger partial charge in [0.1, 0.15) is 5.60 Å². The zero-order valence-electron chi connectivity index (χ0n) is 15.0. The Labute approximate surface area is 149 Å². The molecule has 0 spiro atoms. The number of carbonyl (C=O) groups excluding carboxylic acids is 1. The van der Waals surface area contributed by atoms with Crippen LogP contribution < -0.4 is 11.1 Å². The van der Waals surface area contributed by atoms with Gasteiger partial charge in [-0.1, -0.05) is 36.4 Å². The predicted octanol–water partition coefficient (Wildman–Crippen LogP) is 4.01. The third kappa shape index (κ3) is 7.27. The van der Waals surface area contributed by atoms with Crippen LogP contribution in [0.25, 0.3) is 0 Å². The van der Waals surface area contributed by atoms with E-state index in [1.807, 2.05) is 69.3 Å². The quantitative estimate of drug-likeness (QED) is 0.778. The Hall–Kier alpha value is -2.53. The lowest BCUT2D eigenvalue weighted by molar-refractivity contribution is 0.0523. The van der Waals surface area contributed by atoms with Crippen molar-refractivity contribution in [3.63, 3.8) is 0 Å². The molecular formula is C20H26N2O3. The smallest absolute Gasteiger partial charge is 0.407 e. The van der Waals surface area contributed by atoms with Crippen LogP contribution in [0.3, 0.4) is 0 Å². The standard InChI is InChI=1S/C20H26N2O3/c1-20(2,3)25-19(23)22-12-15-6-4-7-16(10-15)13-24-14-17-8-5-9-18(21)11-17/h4-11H,12-14,21H2,1-3H3,(H,22,23). The molecule has 0 radical (unpaired) electrons. The van der Waals surface area contributed by atoms with Crippen molar-refractivity contribution < 1.29 is 14.3 Å². The number of hydrogen-bond donors (Lipinski definition) is 2. The van der Waals surface area contributed by atoms with Gasteiger partial charge in [0.05, 0.1) is 13.2 Å². The van der Waals surface area contributed by atoms with Crippen molar-refractivity contribution >= 4 is 11.8 Å². The second-order valence-corrected chi connectivity index (χ2v) is 6.91. The Kier molecular flexibility index (Phi) is 6.42. The van der Waals surface area contributed by atoms with Gasteiger partial charge in [-0.15, -0.1) is 0 Å². The molecule has 0 atom stereocenters. The van der Waals surface area contributed by atoms with Crippen LogP contribution in [0.4, 0.5) is 10.5 Å². The van der Waals surface area contributed by atoms with E-state index in [4.69, 9.17) is 15.2 Å². The minimum atomic E-state index is -0.499. The molecule has 2 aromatic rings. The summed E-state index contributed by atoms with van der Waals surface area (Å²) in [6.45, 7) is 6.93. The summed E-state index contributed by atoms with van der Waals surface area (Å²) in [6, 6.07) is 15.6. The molecule has 5 heteroatoms. The lowest BCUT2D eigenvalue weighted by Crippen LogP contribution is -2.32. The fourth-order valence-electron chi connectivity index (χ4n) is 2.29. The summed E-state index contributed by atoms with van der Waals surface area (Å²) in [7, 11) is 0. The minimum Gasteiger partial charge on any atom is -0.444 e. The van der Waals surface area contributed by atoms with Gasteiger partial charge >= 0.3 is 6.09 Å². The molecule has 0 aromatic heterocycles. The maximum Gasteiger partial charge on any atom is 0.407 e. The molecule has 0 aliphatic heterocycles. The van der Waals surface area contributed by atoms with Crippen LogP contribution in [0.2, 0.25) is 0 Å². The number of nitrogens with one attached hydrogen (secondary N) is 1. The Morgan fingerprint density at radius 3 is 2.24 bits per heavy atom. The van der Waals surface area contributed by atoms with E-state index in [9.17, 15) is 4.79 Å². The van der Waals surface area contributed by atoms with Crippen LogP contribution in [-0.2, 0) is 29.2 Å². The van der Waals surface area contributed by atoms with Crippen molar-refractivity contribution in [2.45, 2.75) is 46.1 Å². The highest BCUT2D eigenvalue weighted by Gasteiger charge is 2.15. The molecule has 2 rings (SSSR count). The molecule has 0 saturated carbocycles. The predicted molar refractivity (Wildman–Crippen MR) is 98.9 cm³/mol. The van der Waals surface area contributed by atoms with Crippen LogP contribution in [0.15, 0.2) is 48.5 Å². The molecule has 134 valence electrons. The number of ether oxygens (including phenoxy) is 2. The van der Waals surface area contributed by atoms with Crippen molar-refractivity contribution in [3.8, 4) is 0 Å². The first kappa shape index (κ1) is 18.8. The molecular weight excluding hydrogens is 316 g/mol. The molecule has 0 fully saturated rings. The van der Waals surface area contributed by atoms with E-state index in [0.717, 1.165) is 22.4 Å². The maximum atomic E-state index is 11.7. The average Bonchev–Trinajstić information content (AvgIpc) is 2.52. The third-order valence-electron chi connectivity index (χ3n) is 3.32. The number of amides is 1. The minimum absolute atomic E-state index is 0.415. The van der Waals surface area contributed by atoms with Gasteiger partial charge in [0, 0.05) is 12.2 Å². The van der Waals surface area contributed by atoms with Crippen LogP contribution in [0.1, 0.15) is 37.5 Å². The summed E-state index contributed by atoms with van der Waals surface area (Å²) < 4.78 is 11.0. The number of carbonyl (C=O) groups is 1. The van der Waals surface area contributed by atoms with E-state index in [-0.39, 0.29) is 0 Å². The van der Waals surface area contributed by atoms with Gasteiger partial charge in [-0.2, -0.15) is 0 Å². The Morgan fingerprint density at radius 2 is 1.60 bits per heavy atom. The largest absolute Gasteiger partial charge is 0.444 e. The number of nitrogen functional groups attached to an aromatic ring is 1. The van der Waals surface area contributed by atoms with Crippen LogP contribution in [0, 0.1) is 0 Å². The second kappa shape index (κ2) is 8.53. The Balaban J connectivity index is 1.81. The SMILES string of the molecule is CC(C)(C)OC(=O)NCc1cccc(COCc2cccc(N)c2)c1. The molecule has 2 aromatic carbocycles. The van der Waals surface area contributed by atoms with Crippen molar-refractivity contribution in [1.29, 1.82) is 0 Å². The summed E-state index contributed by atoms with van der Waals surface area (Å²) in [5.41, 5.74) is 9.08. The fourth-order valence-corrected chi connectivity index (χ4v) is 2.29. The normalized spacial score (nSPS) is 11.2. The molecule has 0 bridgehead atoms. The van der Waals surface area contributed by atoms with Crippen molar-refractivity contribution in [2.24, 2.45) is 0 Å². The lowest BCUT2D eigenvalue weighted by Gasteiger charge is -2.19. The average molecular weight is 342 g/mol. The first-order valence-electron chi connectivity index (χ1n) is 8.29. The number of rotatable bonds is 6. The molecule has 25 heavy (non-hydrogen) atoms. The molecule has 3 N–H and O–H groups in total. The van der Waals surface area contributed by atoms with E-state index in [2.05, 4.69) is 5.32 Å². The van der Waals surface area contributed by atoms with E-state index in [1.54, 1.807) is 0 Å². The molecule has 0 heterocycles. The van der Waals surface area contributed by atoms with Gasteiger partial charge in [0.25, 0.3) is 0 Å². The van der Waals surface area contributed by atoms with Crippen LogP contribution in [0.5, 0.6) is 0 Å². The highest BCUT2D eigenvalue weighted by atomic mass is 16.6. The van der Waals surface area contributed by atoms with Gasteiger partial charge in [-0.25, -0.2) is 4.79 Å². The van der Waals surface area contributed by atoms with Gasteiger partial charge < -0.3 is 20.5 Å². The highest BCUT2D eigenvalue weighted by Crippen LogP contribution is 2.11. The summed E-state index contributed by atoms with van der Waals surface area (Å²) in [5.74, 6) is 0. The summed E-state index contributed by atoms with van der Waals surface area (Å²) in [5, 5.41) is 2.76. The second-order valence-electron chi connectivity index (χ2n) is 6.91.